The summed E-state index contributed by atoms with van der Waals surface area (Å²) in [6, 6.07) is 6.19. The number of aromatic nitrogens is 1. The summed E-state index contributed by atoms with van der Waals surface area (Å²) >= 11 is 1.67. The lowest BCUT2D eigenvalue weighted by Gasteiger charge is -2.10. The van der Waals surface area contributed by atoms with E-state index < -0.39 is 0 Å². The van der Waals surface area contributed by atoms with Crippen LogP contribution in [0.15, 0.2) is 22.9 Å². The molecule has 0 atom stereocenters. The van der Waals surface area contributed by atoms with Crippen molar-refractivity contribution in [3.05, 3.63) is 45.4 Å². The molecule has 4 heteroatoms. The lowest BCUT2D eigenvalue weighted by molar-refractivity contribution is 1.08. The van der Waals surface area contributed by atoms with Gasteiger partial charge in [0.2, 0.25) is 0 Å². The van der Waals surface area contributed by atoms with Gasteiger partial charge in [-0.05, 0) is 42.3 Å². The largest absolute Gasteiger partial charge is 0.380 e. The zero-order valence-electron chi connectivity index (χ0n) is 9.82. The molecule has 86 valence electrons. The van der Waals surface area contributed by atoms with Gasteiger partial charge in [-0.25, -0.2) is 0 Å². The summed E-state index contributed by atoms with van der Waals surface area (Å²) in [6.07, 6.45) is 0. The Morgan fingerprint density at radius 3 is 2.94 bits per heavy atom. The minimum atomic E-state index is 0.630. The Bertz CT molecular complexity index is 553. The summed E-state index contributed by atoms with van der Waals surface area (Å²) in [4.78, 5) is 4.29. The average Bonchev–Trinajstić information content (AvgIpc) is 2.78. The van der Waals surface area contributed by atoms with E-state index in [0.29, 0.717) is 5.56 Å². The summed E-state index contributed by atoms with van der Waals surface area (Å²) < 4.78 is 0. The van der Waals surface area contributed by atoms with Crippen LogP contribution in [-0.4, -0.2) is 4.98 Å². The molecule has 0 saturated carbocycles. The summed E-state index contributed by atoms with van der Waals surface area (Å²) in [5.41, 5.74) is 4.43. The van der Waals surface area contributed by atoms with Gasteiger partial charge in [0, 0.05) is 12.2 Å². The first-order chi connectivity index (χ1) is 8.20. The first kappa shape index (κ1) is 11.6. The van der Waals surface area contributed by atoms with Gasteiger partial charge in [-0.3, -0.25) is 4.98 Å². The SMILES string of the molecule is Cc1cc(NCc2ccsc2)c(C#N)c(C)n1. The number of hydrogen-bond donors (Lipinski definition) is 1. The highest BCUT2D eigenvalue weighted by atomic mass is 32.1. The molecule has 3 nitrogen and oxygen atoms in total. The highest BCUT2D eigenvalue weighted by Gasteiger charge is 2.07. The molecule has 0 radical (unpaired) electrons. The van der Waals surface area contributed by atoms with Crippen molar-refractivity contribution in [1.29, 1.82) is 5.26 Å². The quantitative estimate of drug-likeness (QED) is 0.900. The Kier molecular flexibility index (Phi) is 3.40. The number of aryl methyl sites for hydroxylation is 2. The molecule has 0 aliphatic rings. The van der Waals surface area contributed by atoms with Crippen LogP contribution in [-0.2, 0) is 6.54 Å². The lowest BCUT2D eigenvalue weighted by atomic mass is 10.1. The van der Waals surface area contributed by atoms with Crippen LogP contribution in [0.1, 0.15) is 22.5 Å². The van der Waals surface area contributed by atoms with Crippen molar-refractivity contribution in [2.24, 2.45) is 0 Å². The van der Waals surface area contributed by atoms with Gasteiger partial charge >= 0.3 is 0 Å². The highest BCUT2D eigenvalue weighted by molar-refractivity contribution is 7.07. The van der Waals surface area contributed by atoms with Crippen molar-refractivity contribution in [3.8, 4) is 6.07 Å². The molecule has 0 saturated heterocycles. The van der Waals surface area contributed by atoms with E-state index in [4.69, 9.17) is 5.26 Å². The van der Waals surface area contributed by atoms with Crippen LogP contribution >= 0.6 is 11.3 Å². The van der Waals surface area contributed by atoms with E-state index in [1.54, 1.807) is 11.3 Å². The minimum absolute atomic E-state index is 0.630. The van der Waals surface area contributed by atoms with Crippen molar-refractivity contribution >= 4 is 17.0 Å². The van der Waals surface area contributed by atoms with Crippen molar-refractivity contribution < 1.29 is 0 Å². The van der Waals surface area contributed by atoms with Crippen LogP contribution in [0.4, 0.5) is 5.69 Å². The van der Waals surface area contributed by atoms with Gasteiger partial charge in [0.05, 0.1) is 16.9 Å². The maximum absolute atomic E-state index is 9.12. The lowest BCUT2D eigenvalue weighted by Crippen LogP contribution is -2.03. The van der Waals surface area contributed by atoms with Crippen molar-refractivity contribution in [2.45, 2.75) is 20.4 Å². The predicted octanol–water partition coefficient (Wildman–Crippen LogP) is 3.24. The van der Waals surface area contributed by atoms with Gasteiger partial charge in [-0.1, -0.05) is 0 Å². The number of nitrogens with zero attached hydrogens (tertiary/aromatic N) is 2. The van der Waals surface area contributed by atoms with Crippen LogP contribution < -0.4 is 5.32 Å². The summed E-state index contributed by atoms with van der Waals surface area (Å²) in [6.45, 7) is 4.53. The van der Waals surface area contributed by atoms with Gasteiger partial charge < -0.3 is 5.32 Å². The average molecular weight is 243 g/mol. The zero-order chi connectivity index (χ0) is 12.3. The smallest absolute Gasteiger partial charge is 0.103 e. The zero-order valence-corrected chi connectivity index (χ0v) is 10.6. The van der Waals surface area contributed by atoms with Gasteiger partial charge in [0.1, 0.15) is 6.07 Å². The number of nitriles is 1. The Balaban J connectivity index is 2.23. The van der Waals surface area contributed by atoms with Crippen LogP contribution in [0.25, 0.3) is 0 Å². The monoisotopic (exact) mass is 243 g/mol. The predicted molar refractivity (Wildman–Crippen MR) is 70.1 cm³/mol. The van der Waals surface area contributed by atoms with Crippen molar-refractivity contribution in [2.75, 3.05) is 5.32 Å². The van der Waals surface area contributed by atoms with Crippen LogP contribution in [0, 0.1) is 25.2 Å². The van der Waals surface area contributed by atoms with Gasteiger partial charge in [0.25, 0.3) is 0 Å². The molecule has 0 unspecified atom stereocenters. The summed E-state index contributed by atoms with van der Waals surface area (Å²) in [7, 11) is 0. The number of rotatable bonds is 3. The van der Waals surface area contributed by atoms with Gasteiger partial charge in [-0.2, -0.15) is 16.6 Å². The molecule has 1 N–H and O–H groups in total. The van der Waals surface area contributed by atoms with E-state index in [1.807, 2.05) is 25.3 Å². The second-order valence-corrected chi connectivity index (χ2v) is 4.65. The third kappa shape index (κ3) is 2.63. The fourth-order valence-electron chi connectivity index (χ4n) is 1.70. The third-order valence-corrected chi connectivity index (χ3v) is 3.24. The first-order valence-corrected chi connectivity index (χ1v) is 6.28. The van der Waals surface area contributed by atoms with Gasteiger partial charge in [-0.15, -0.1) is 0 Å². The Labute approximate surface area is 105 Å². The number of anilines is 1. The highest BCUT2D eigenvalue weighted by Crippen LogP contribution is 2.19. The Hall–Kier alpha value is -1.86. The summed E-state index contributed by atoms with van der Waals surface area (Å²) in [5.74, 6) is 0. The molecule has 2 aromatic rings. The molecule has 2 rings (SSSR count). The maximum Gasteiger partial charge on any atom is 0.103 e. The number of thiophene rings is 1. The van der Waals surface area contributed by atoms with E-state index >= 15 is 0 Å². The normalized spacial score (nSPS) is 9.94. The Morgan fingerprint density at radius 1 is 1.47 bits per heavy atom. The second kappa shape index (κ2) is 4.98. The first-order valence-electron chi connectivity index (χ1n) is 5.34. The molecule has 0 fully saturated rings. The third-order valence-electron chi connectivity index (χ3n) is 2.50. The molecular weight excluding hydrogens is 230 g/mol. The fraction of sp³-hybridized carbons (Fsp3) is 0.231. The van der Waals surface area contributed by atoms with E-state index in [0.717, 1.165) is 23.6 Å². The topological polar surface area (TPSA) is 48.7 Å². The van der Waals surface area contributed by atoms with E-state index in [1.165, 1.54) is 5.56 Å². The molecule has 2 aromatic heterocycles. The molecule has 0 amide bonds. The molecule has 0 spiro atoms. The number of nitrogens with one attached hydrogen (secondary N) is 1. The van der Waals surface area contributed by atoms with E-state index in [-0.39, 0.29) is 0 Å². The second-order valence-electron chi connectivity index (χ2n) is 3.87. The van der Waals surface area contributed by atoms with Gasteiger partial charge in [0.15, 0.2) is 0 Å². The maximum atomic E-state index is 9.12. The fourth-order valence-corrected chi connectivity index (χ4v) is 2.37. The summed E-state index contributed by atoms with van der Waals surface area (Å²) in [5, 5.41) is 16.6. The molecule has 0 aromatic carbocycles. The number of pyridine rings is 1. The van der Waals surface area contributed by atoms with Crippen LogP contribution in [0.3, 0.4) is 0 Å². The molecule has 0 aliphatic heterocycles. The van der Waals surface area contributed by atoms with Crippen molar-refractivity contribution in [1.82, 2.24) is 4.98 Å². The van der Waals surface area contributed by atoms with Crippen LogP contribution in [0.2, 0.25) is 0 Å². The number of hydrogen-bond acceptors (Lipinski definition) is 4. The molecule has 17 heavy (non-hydrogen) atoms. The molecule has 0 bridgehead atoms. The molecule has 0 aliphatic carbocycles. The molecule has 2 heterocycles. The molecular formula is C13H13N3S. The van der Waals surface area contributed by atoms with Crippen LogP contribution in [0.5, 0.6) is 0 Å². The van der Waals surface area contributed by atoms with Crippen molar-refractivity contribution in [3.63, 3.8) is 0 Å². The minimum Gasteiger partial charge on any atom is -0.380 e. The van der Waals surface area contributed by atoms with E-state index in [9.17, 15) is 0 Å². The standard InChI is InChI=1S/C13H13N3S/c1-9-5-13(12(6-14)10(2)16-9)15-7-11-3-4-17-8-11/h3-5,8H,7H2,1-2H3,(H,15,16). The Morgan fingerprint density at radius 2 is 2.29 bits per heavy atom. The van der Waals surface area contributed by atoms with E-state index in [2.05, 4.69) is 27.8 Å².